The third-order valence-electron chi connectivity index (χ3n) is 3.53. The summed E-state index contributed by atoms with van der Waals surface area (Å²) in [7, 11) is -3.07. The molecule has 1 aromatic carbocycles. The van der Waals surface area contributed by atoms with E-state index in [2.05, 4.69) is 17.4 Å². The van der Waals surface area contributed by atoms with Crippen molar-refractivity contribution in [3.05, 3.63) is 35.9 Å². The molecule has 0 unspecified atom stereocenters. The Balaban J connectivity index is 1.80. The molecule has 1 heterocycles. The molecule has 0 spiro atoms. The molecule has 5 heteroatoms. The van der Waals surface area contributed by atoms with Gasteiger partial charge in [-0.25, -0.2) is 8.42 Å². The smallest absolute Gasteiger partial charge is 0.154 e. The molecule has 0 saturated carbocycles. The van der Waals surface area contributed by atoms with Crippen LogP contribution in [0, 0.1) is 0 Å². The number of aliphatic hydroxyl groups excluding tert-OH is 1. The average molecular weight is 283 g/mol. The number of hydrogen-bond acceptors (Lipinski definition) is 4. The largest absolute Gasteiger partial charge is 0.390 e. The van der Waals surface area contributed by atoms with Gasteiger partial charge in [-0.05, 0) is 25.3 Å². The van der Waals surface area contributed by atoms with Crippen molar-refractivity contribution in [2.45, 2.75) is 38.0 Å². The first-order valence-corrected chi connectivity index (χ1v) is 8.47. The molecule has 0 bridgehead atoms. The van der Waals surface area contributed by atoms with Gasteiger partial charge in [-0.3, -0.25) is 0 Å². The summed E-state index contributed by atoms with van der Waals surface area (Å²) < 4.78 is 22.8. The van der Waals surface area contributed by atoms with Crippen LogP contribution < -0.4 is 5.32 Å². The molecule has 1 aliphatic rings. The van der Waals surface area contributed by atoms with Crippen molar-refractivity contribution in [1.82, 2.24) is 5.32 Å². The number of hydrogen-bond donors (Lipinski definition) is 2. The van der Waals surface area contributed by atoms with Crippen molar-refractivity contribution < 1.29 is 13.5 Å². The minimum absolute atomic E-state index is 0.0455. The van der Waals surface area contributed by atoms with Crippen molar-refractivity contribution in [2.75, 3.05) is 11.5 Å². The molecule has 0 aromatic heterocycles. The molecule has 1 fully saturated rings. The number of aliphatic hydroxyl groups is 1. The third-order valence-corrected chi connectivity index (χ3v) is 5.25. The van der Waals surface area contributed by atoms with E-state index in [1.165, 1.54) is 5.56 Å². The van der Waals surface area contributed by atoms with E-state index in [1.54, 1.807) is 0 Å². The molecule has 19 heavy (non-hydrogen) atoms. The lowest BCUT2D eigenvalue weighted by Crippen LogP contribution is -2.44. The van der Waals surface area contributed by atoms with Crippen molar-refractivity contribution in [3.8, 4) is 0 Å². The van der Waals surface area contributed by atoms with Gasteiger partial charge < -0.3 is 10.4 Å². The Morgan fingerprint density at radius 1 is 1.32 bits per heavy atom. The normalized spacial score (nSPS) is 27.3. The topological polar surface area (TPSA) is 66.4 Å². The minimum atomic E-state index is -3.07. The van der Waals surface area contributed by atoms with Crippen molar-refractivity contribution in [1.29, 1.82) is 0 Å². The van der Waals surface area contributed by atoms with E-state index in [0.717, 1.165) is 12.8 Å². The molecule has 2 rings (SSSR count). The van der Waals surface area contributed by atoms with Crippen LogP contribution in [0.1, 0.15) is 18.9 Å². The maximum Gasteiger partial charge on any atom is 0.154 e. The van der Waals surface area contributed by atoms with E-state index in [-0.39, 0.29) is 23.6 Å². The summed E-state index contributed by atoms with van der Waals surface area (Å²) in [5.74, 6) is -0.0695. The van der Waals surface area contributed by atoms with Crippen LogP contribution in [0.15, 0.2) is 30.3 Å². The molecule has 1 aromatic rings. The zero-order chi connectivity index (χ0) is 13.9. The van der Waals surface area contributed by atoms with E-state index in [0.29, 0.717) is 0 Å². The molecule has 0 aliphatic carbocycles. The fourth-order valence-corrected chi connectivity index (χ4v) is 4.22. The maximum atomic E-state index is 11.4. The molecule has 106 valence electrons. The third kappa shape index (κ3) is 4.30. The molecule has 0 amide bonds. The Kier molecular flexibility index (Phi) is 4.60. The summed E-state index contributed by atoms with van der Waals surface area (Å²) >= 11 is 0. The Hall–Kier alpha value is -0.910. The number of rotatable bonds is 5. The second-order valence-electron chi connectivity index (χ2n) is 5.34. The fourth-order valence-electron chi connectivity index (χ4n) is 2.46. The molecule has 3 atom stereocenters. The molecular weight excluding hydrogens is 262 g/mol. The Morgan fingerprint density at radius 2 is 2.00 bits per heavy atom. The van der Waals surface area contributed by atoms with Crippen LogP contribution in [0.5, 0.6) is 0 Å². The van der Waals surface area contributed by atoms with Crippen LogP contribution >= 0.6 is 0 Å². The van der Waals surface area contributed by atoms with Gasteiger partial charge in [0, 0.05) is 12.1 Å². The lowest BCUT2D eigenvalue weighted by molar-refractivity contribution is 0.159. The zero-order valence-electron chi connectivity index (χ0n) is 11.1. The van der Waals surface area contributed by atoms with Crippen LogP contribution in [0.4, 0.5) is 0 Å². The van der Waals surface area contributed by atoms with Gasteiger partial charge in [0.15, 0.2) is 9.84 Å². The van der Waals surface area contributed by atoms with E-state index in [1.807, 2.05) is 25.1 Å². The number of aryl methyl sites for hydroxylation is 1. The van der Waals surface area contributed by atoms with Crippen LogP contribution in [0.3, 0.4) is 0 Å². The summed E-state index contributed by atoms with van der Waals surface area (Å²) in [5.41, 5.74) is 1.27. The predicted molar refractivity (Wildman–Crippen MR) is 75.8 cm³/mol. The summed E-state index contributed by atoms with van der Waals surface area (Å²) in [4.78, 5) is 0. The van der Waals surface area contributed by atoms with Crippen LogP contribution in [0.25, 0.3) is 0 Å². The summed E-state index contributed by atoms with van der Waals surface area (Å²) in [6.45, 7) is 2.03. The van der Waals surface area contributed by atoms with Crippen molar-refractivity contribution in [2.24, 2.45) is 0 Å². The standard InChI is InChI=1S/C14H21NO3S/c1-11(7-8-12-5-3-2-4-6-12)15-13-9-19(17,18)10-14(13)16/h2-6,11,13-16H,7-10H2,1H3/t11-,13+,14-/m1/s1. The van der Waals surface area contributed by atoms with Gasteiger partial charge in [-0.2, -0.15) is 0 Å². The molecule has 2 N–H and O–H groups in total. The van der Waals surface area contributed by atoms with E-state index in [4.69, 9.17) is 0 Å². The fraction of sp³-hybridized carbons (Fsp3) is 0.571. The maximum absolute atomic E-state index is 11.4. The van der Waals surface area contributed by atoms with E-state index in [9.17, 15) is 13.5 Å². The highest BCUT2D eigenvalue weighted by Crippen LogP contribution is 2.14. The van der Waals surface area contributed by atoms with Gasteiger partial charge in [0.05, 0.1) is 17.6 Å². The van der Waals surface area contributed by atoms with Gasteiger partial charge in [0.2, 0.25) is 0 Å². The number of nitrogens with one attached hydrogen (secondary N) is 1. The highest BCUT2D eigenvalue weighted by atomic mass is 32.2. The second-order valence-corrected chi connectivity index (χ2v) is 7.50. The van der Waals surface area contributed by atoms with Gasteiger partial charge in [-0.15, -0.1) is 0 Å². The summed E-state index contributed by atoms with van der Waals surface area (Å²) in [5, 5.41) is 12.9. The molecule has 1 aliphatic heterocycles. The number of benzene rings is 1. The van der Waals surface area contributed by atoms with Crippen molar-refractivity contribution >= 4 is 9.84 Å². The van der Waals surface area contributed by atoms with Gasteiger partial charge >= 0.3 is 0 Å². The molecule has 1 saturated heterocycles. The predicted octanol–water partition coefficient (Wildman–Crippen LogP) is 0.755. The monoisotopic (exact) mass is 283 g/mol. The number of sulfone groups is 1. The van der Waals surface area contributed by atoms with Crippen LogP contribution in [-0.2, 0) is 16.3 Å². The lowest BCUT2D eigenvalue weighted by atomic mass is 10.1. The Bertz CT molecular complexity index is 501. The minimum Gasteiger partial charge on any atom is -0.390 e. The Morgan fingerprint density at radius 3 is 2.58 bits per heavy atom. The first-order chi connectivity index (χ1) is 8.96. The van der Waals surface area contributed by atoms with Gasteiger partial charge in [0.25, 0.3) is 0 Å². The highest BCUT2D eigenvalue weighted by molar-refractivity contribution is 7.91. The van der Waals surface area contributed by atoms with E-state index >= 15 is 0 Å². The molecule has 0 radical (unpaired) electrons. The van der Waals surface area contributed by atoms with Crippen molar-refractivity contribution in [3.63, 3.8) is 0 Å². The first-order valence-electron chi connectivity index (χ1n) is 6.65. The van der Waals surface area contributed by atoms with E-state index < -0.39 is 15.9 Å². The average Bonchev–Trinajstić information content (AvgIpc) is 2.61. The second kappa shape index (κ2) is 6.03. The zero-order valence-corrected chi connectivity index (χ0v) is 11.9. The van der Waals surface area contributed by atoms with Crippen LogP contribution in [0.2, 0.25) is 0 Å². The molecule has 4 nitrogen and oxygen atoms in total. The highest BCUT2D eigenvalue weighted by Gasteiger charge is 2.36. The lowest BCUT2D eigenvalue weighted by Gasteiger charge is -2.21. The van der Waals surface area contributed by atoms with Gasteiger partial charge in [0.1, 0.15) is 0 Å². The summed E-state index contributed by atoms with van der Waals surface area (Å²) in [6, 6.07) is 10.1. The van der Waals surface area contributed by atoms with Gasteiger partial charge in [-0.1, -0.05) is 30.3 Å². The summed E-state index contributed by atoms with van der Waals surface area (Å²) in [6.07, 6.45) is 1.10. The quantitative estimate of drug-likeness (QED) is 0.837. The SMILES string of the molecule is C[C@H](CCc1ccccc1)N[C@H]1CS(=O)(=O)C[C@H]1O. The first kappa shape index (κ1) is 14.5. The van der Waals surface area contributed by atoms with Crippen LogP contribution in [-0.4, -0.2) is 43.2 Å². The Labute approximate surface area is 114 Å². The molecular formula is C14H21NO3S.